The summed E-state index contributed by atoms with van der Waals surface area (Å²) in [6.45, 7) is 2.53. The average molecular weight is 377 g/mol. The smallest absolute Gasteiger partial charge is 0.292 e. The maximum absolute atomic E-state index is 13.0. The first-order chi connectivity index (χ1) is 13.6. The summed E-state index contributed by atoms with van der Waals surface area (Å²) in [6.07, 6.45) is 3.54. The molecule has 3 aromatic heterocycles. The van der Waals surface area contributed by atoms with Crippen molar-refractivity contribution in [3.05, 3.63) is 48.4 Å². The SMILES string of the molecule is Nc1nc2cc(-c3ccc4ncc(C(=O)N5CCN(N)CC5)n4c3)ccc2o1. The molecule has 142 valence electrons. The highest BCUT2D eigenvalue weighted by Crippen LogP contribution is 2.26. The number of imidazole rings is 1. The number of nitrogens with zero attached hydrogens (tertiary/aromatic N) is 5. The summed E-state index contributed by atoms with van der Waals surface area (Å²) in [7, 11) is 0. The largest absolute Gasteiger partial charge is 0.424 e. The highest BCUT2D eigenvalue weighted by Gasteiger charge is 2.23. The zero-order chi connectivity index (χ0) is 19.3. The molecular weight excluding hydrogens is 358 g/mol. The fourth-order valence-corrected chi connectivity index (χ4v) is 3.52. The number of oxazole rings is 1. The van der Waals surface area contributed by atoms with Crippen LogP contribution in [0.25, 0.3) is 27.9 Å². The van der Waals surface area contributed by atoms with E-state index in [2.05, 4.69) is 9.97 Å². The van der Waals surface area contributed by atoms with Crippen LogP contribution in [0.1, 0.15) is 10.5 Å². The Kier molecular flexibility index (Phi) is 3.78. The molecule has 9 heteroatoms. The van der Waals surface area contributed by atoms with Gasteiger partial charge in [-0.3, -0.25) is 15.0 Å². The minimum absolute atomic E-state index is 0.0440. The standard InChI is InChI=1S/C19H19N7O2/c20-19-23-14-9-12(1-3-16(14)28-19)13-2-4-17-22-10-15(26(17)11-13)18(27)24-5-7-25(21)8-6-24/h1-4,9-11H,5-8,21H2,(H2,20,23). The molecule has 4 heterocycles. The molecule has 1 saturated heterocycles. The highest BCUT2D eigenvalue weighted by molar-refractivity contribution is 5.93. The normalized spacial score (nSPS) is 15.5. The van der Waals surface area contributed by atoms with Crippen molar-refractivity contribution in [3.8, 4) is 11.1 Å². The lowest BCUT2D eigenvalue weighted by Gasteiger charge is -2.31. The van der Waals surface area contributed by atoms with Crippen LogP contribution in [0.15, 0.2) is 47.1 Å². The average Bonchev–Trinajstić information content (AvgIpc) is 3.29. The molecule has 1 amide bonds. The van der Waals surface area contributed by atoms with Crippen LogP contribution in [0.2, 0.25) is 0 Å². The van der Waals surface area contributed by atoms with Gasteiger partial charge in [-0.2, -0.15) is 4.98 Å². The molecule has 0 unspecified atom stereocenters. The number of rotatable bonds is 2. The van der Waals surface area contributed by atoms with Crippen LogP contribution in [-0.4, -0.2) is 56.4 Å². The van der Waals surface area contributed by atoms with Crippen LogP contribution in [0.5, 0.6) is 0 Å². The molecule has 0 radical (unpaired) electrons. The third kappa shape index (κ3) is 2.77. The lowest BCUT2D eigenvalue weighted by Crippen LogP contribution is -2.51. The van der Waals surface area contributed by atoms with E-state index in [-0.39, 0.29) is 11.9 Å². The Hall–Kier alpha value is -3.43. The maximum atomic E-state index is 13.0. The van der Waals surface area contributed by atoms with Gasteiger partial charge in [0.1, 0.15) is 16.9 Å². The lowest BCUT2D eigenvalue weighted by atomic mass is 10.1. The number of hydrogen-bond donors (Lipinski definition) is 2. The van der Waals surface area contributed by atoms with E-state index in [0.29, 0.717) is 43.0 Å². The number of hydrogen-bond acceptors (Lipinski definition) is 7. The van der Waals surface area contributed by atoms with E-state index in [1.807, 2.05) is 45.8 Å². The first-order valence-electron chi connectivity index (χ1n) is 9.01. The third-order valence-electron chi connectivity index (χ3n) is 5.06. The minimum atomic E-state index is -0.0440. The number of nitrogen functional groups attached to an aromatic ring is 1. The van der Waals surface area contributed by atoms with E-state index in [1.165, 1.54) is 0 Å². The number of amides is 1. The number of carbonyl (C=O) groups is 1. The van der Waals surface area contributed by atoms with E-state index in [9.17, 15) is 4.79 Å². The van der Waals surface area contributed by atoms with Gasteiger partial charge in [0.2, 0.25) is 0 Å². The summed E-state index contributed by atoms with van der Waals surface area (Å²) in [6, 6.07) is 9.69. The van der Waals surface area contributed by atoms with Crippen LogP contribution in [-0.2, 0) is 0 Å². The van der Waals surface area contributed by atoms with E-state index in [0.717, 1.165) is 16.8 Å². The Bertz CT molecular complexity index is 1190. The molecule has 1 aliphatic heterocycles. The van der Waals surface area contributed by atoms with Crippen LogP contribution in [0, 0.1) is 0 Å². The first kappa shape index (κ1) is 16.7. The van der Waals surface area contributed by atoms with Gasteiger partial charge in [0.15, 0.2) is 5.58 Å². The number of aromatic nitrogens is 3. The van der Waals surface area contributed by atoms with Gasteiger partial charge in [0, 0.05) is 32.4 Å². The molecule has 4 aromatic rings. The summed E-state index contributed by atoms with van der Waals surface area (Å²) in [5, 5.41) is 1.73. The van der Waals surface area contributed by atoms with Crippen molar-refractivity contribution in [2.24, 2.45) is 5.84 Å². The van der Waals surface area contributed by atoms with Gasteiger partial charge < -0.3 is 15.1 Å². The number of hydrazine groups is 1. The fourth-order valence-electron chi connectivity index (χ4n) is 3.52. The number of fused-ring (bicyclic) bond motifs is 2. The molecule has 0 aliphatic carbocycles. The Balaban J connectivity index is 1.53. The third-order valence-corrected chi connectivity index (χ3v) is 5.06. The second-order valence-corrected chi connectivity index (χ2v) is 6.85. The molecule has 5 rings (SSSR count). The molecule has 9 nitrogen and oxygen atoms in total. The highest BCUT2D eigenvalue weighted by atomic mass is 16.4. The van der Waals surface area contributed by atoms with E-state index < -0.39 is 0 Å². The van der Waals surface area contributed by atoms with Gasteiger partial charge in [-0.1, -0.05) is 6.07 Å². The minimum Gasteiger partial charge on any atom is -0.424 e. The first-order valence-corrected chi connectivity index (χ1v) is 9.01. The summed E-state index contributed by atoms with van der Waals surface area (Å²) in [4.78, 5) is 23.3. The molecule has 0 spiro atoms. The van der Waals surface area contributed by atoms with E-state index in [4.69, 9.17) is 16.0 Å². The van der Waals surface area contributed by atoms with Crippen molar-refractivity contribution >= 4 is 28.7 Å². The van der Waals surface area contributed by atoms with Gasteiger partial charge in [-0.15, -0.1) is 0 Å². The molecule has 1 aromatic carbocycles. The van der Waals surface area contributed by atoms with Gasteiger partial charge in [0.25, 0.3) is 11.9 Å². The Morgan fingerprint density at radius 1 is 1.07 bits per heavy atom. The Morgan fingerprint density at radius 2 is 1.86 bits per heavy atom. The second kappa shape index (κ2) is 6.32. The summed E-state index contributed by atoms with van der Waals surface area (Å²) in [5.74, 6) is 5.75. The second-order valence-electron chi connectivity index (χ2n) is 6.85. The van der Waals surface area contributed by atoms with Gasteiger partial charge in [-0.05, 0) is 35.4 Å². The van der Waals surface area contributed by atoms with Crippen LogP contribution >= 0.6 is 0 Å². The van der Waals surface area contributed by atoms with Crippen LogP contribution in [0.3, 0.4) is 0 Å². The molecule has 1 aliphatic rings. The lowest BCUT2D eigenvalue weighted by molar-refractivity contribution is 0.0631. The summed E-state index contributed by atoms with van der Waals surface area (Å²) in [5.41, 5.74) is 10.1. The molecule has 0 bridgehead atoms. The fraction of sp³-hybridized carbons (Fsp3) is 0.211. The number of carbonyl (C=O) groups excluding carboxylic acids is 1. The van der Waals surface area contributed by atoms with Crippen molar-refractivity contribution in [2.45, 2.75) is 0 Å². The molecule has 4 N–H and O–H groups in total. The molecular formula is C19H19N7O2. The van der Waals surface area contributed by atoms with Crippen molar-refractivity contribution in [1.82, 2.24) is 24.3 Å². The molecule has 0 saturated carbocycles. The number of pyridine rings is 1. The summed E-state index contributed by atoms with van der Waals surface area (Å²) < 4.78 is 7.16. The zero-order valence-corrected chi connectivity index (χ0v) is 15.1. The quantitative estimate of drug-likeness (QED) is 0.506. The summed E-state index contributed by atoms with van der Waals surface area (Å²) >= 11 is 0. The molecule has 0 atom stereocenters. The zero-order valence-electron chi connectivity index (χ0n) is 15.1. The van der Waals surface area contributed by atoms with E-state index >= 15 is 0 Å². The number of benzene rings is 1. The van der Waals surface area contributed by atoms with Crippen molar-refractivity contribution < 1.29 is 9.21 Å². The van der Waals surface area contributed by atoms with Crippen molar-refractivity contribution in [2.75, 3.05) is 31.9 Å². The molecule has 28 heavy (non-hydrogen) atoms. The van der Waals surface area contributed by atoms with Crippen molar-refractivity contribution in [3.63, 3.8) is 0 Å². The van der Waals surface area contributed by atoms with Crippen LogP contribution in [0.4, 0.5) is 6.01 Å². The van der Waals surface area contributed by atoms with E-state index in [1.54, 1.807) is 11.2 Å². The van der Waals surface area contributed by atoms with Gasteiger partial charge in [0.05, 0.1) is 6.20 Å². The van der Waals surface area contributed by atoms with Crippen molar-refractivity contribution in [1.29, 1.82) is 0 Å². The number of piperazine rings is 1. The monoisotopic (exact) mass is 377 g/mol. The van der Waals surface area contributed by atoms with Gasteiger partial charge in [-0.25, -0.2) is 9.99 Å². The topological polar surface area (TPSA) is 119 Å². The van der Waals surface area contributed by atoms with Gasteiger partial charge >= 0.3 is 0 Å². The number of nitrogens with two attached hydrogens (primary N) is 2. The van der Waals surface area contributed by atoms with Crippen LogP contribution < -0.4 is 11.6 Å². The Morgan fingerprint density at radius 3 is 2.68 bits per heavy atom. The maximum Gasteiger partial charge on any atom is 0.292 e. The Labute approximate surface area is 160 Å². The predicted octanol–water partition coefficient (Wildman–Crippen LogP) is 1.36. The number of anilines is 1. The molecule has 1 fully saturated rings. The predicted molar refractivity (Wildman–Crippen MR) is 104 cm³/mol.